The van der Waals surface area contributed by atoms with Gasteiger partial charge < -0.3 is 9.72 Å². The number of benzene rings is 2. The summed E-state index contributed by atoms with van der Waals surface area (Å²) in [4.78, 5) is 36.8. The normalized spacial score (nSPS) is 11.4. The Morgan fingerprint density at radius 2 is 1.73 bits per heavy atom. The van der Waals surface area contributed by atoms with Crippen molar-refractivity contribution in [1.29, 1.82) is 0 Å². The second kappa shape index (κ2) is 10.3. The number of nitrogens with one attached hydrogen (secondary N) is 2. The highest BCUT2D eigenvalue weighted by molar-refractivity contribution is 5.68. The molecule has 0 aliphatic heterocycles. The van der Waals surface area contributed by atoms with Gasteiger partial charge in [0.25, 0.3) is 5.56 Å². The third kappa shape index (κ3) is 5.23. The zero-order chi connectivity index (χ0) is 23.2. The Morgan fingerprint density at radius 3 is 2.45 bits per heavy atom. The maximum Gasteiger partial charge on any atom is 0.334 e. The van der Waals surface area contributed by atoms with Gasteiger partial charge in [0.1, 0.15) is 17.9 Å². The van der Waals surface area contributed by atoms with Crippen molar-refractivity contribution in [2.75, 3.05) is 13.1 Å². The summed E-state index contributed by atoms with van der Waals surface area (Å²) in [6.45, 7) is 7.99. The average Bonchev–Trinajstić information content (AvgIpc) is 3.28. The molecule has 0 radical (unpaired) electrons. The number of aromatic nitrogens is 4. The quantitative estimate of drug-likeness (QED) is 0.387. The Hall–Kier alpha value is -3.65. The molecule has 0 amide bonds. The molecular formula is C25H29N5O3. The zero-order valence-corrected chi connectivity index (χ0v) is 19.0. The van der Waals surface area contributed by atoms with Gasteiger partial charge in [0.15, 0.2) is 5.65 Å². The molecule has 0 bridgehead atoms. The first kappa shape index (κ1) is 22.5. The van der Waals surface area contributed by atoms with E-state index in [0.717, 1.165) is 42.6 Å². The summed E-state index contributed by atoms with van der Waals surface area (Å²) in [7, 11) is 0. The predicted octanol–water partition coefficient (Wildman–Crippen LogP) is 3.60. The van der Waals surface area contributed by atoms with Gasteiger partial charge in [-0.05, 0) is 61.3 Å². The Kier molecular flexibility index (Phi) is 7.04. The number of imidazole rings is 1. The van der Waals surface area contributed by atoms with Gasteiger partial charge in [0.2, 0.25) is 0 Å². The van der Waals surface area contributed by atoms with Crippen LogP contribution in [0.4, 0.5) is 0 Å². The molecule has 4 rings (SSSR count). The standard InChI is InChI=1S/C25H29N5O3/c1-3-12-29(13-4-2)15-18-6-5-7-19(14-18)16-33-21-10-8-20(9-11-21)30-24(31)22-23(27-17-26-22)28-25(30)32/h5-11,14,17H,3-4,12-13,15-16H2,1-2H3,(H,26,27)(H,28,32). The lowest BCUT2D eigenvalue weighted by molar-refractivity contribution is 0.266. The van der Waals surface area contributed by atoms with Gasteiger partial charge in [-0.2, -0.15) is 0 Å². The molecule has 0 aliphatic carbocycles. The van der Waals surface area contributed by atoms with E-state index < -0.39 is 11.2 Å². The van der Waals surface area contributed by atoms with Gasteiger partial charge in [-0.15, -0.1) is 0 Å². The van der Waals surface area contributed by atoms with Crippen molar-refractivity contribution in [3.05, 3.63) is 86.8 Å². The van der Waals surface area contributed by atoms with Crippen LogP contribution in [0.2, 0.25) is 0 Å². The van der Waals surface area contributed by atoms with Gasteiger partial charge in [0.05, 0.1) is 12.0 Å². The van der Waals surface area contributed by atoms with E-state index in [1.54, 1.807) is 24.3 Å². The molecule has 0 saturated carbocycles. The highest BCUT2D eigenvalue weighted by Gasteiger charge is 2.11. The number of rotatable bonds is 10. The molecule has 0 saturated heterocycles. The molecule has 4 aromatic rings. The fourth-order valence-corrected chi connectivity index (χ4v) is 3.98. The SMILES string of the molecule is CCCN(CCC)Cc1cccc(COc2ccc(-n3c(=O)[nH]c4nc[nH]c4c3=O)cc2)c1. The third-order valence-electron chi connectivity index (χ3n) is 5.46. The second-order valence-electron chi connectivity index (χ2n) is 8.08. The van der Waals surface area contributed by atoms with Crippen LogP contribution in [0.15, 0.2) is 64.4 Å². The van der Waals surface area contributed by atoms with E-state index in [0.29, 0.717) is 18.0 Å². The highest BCUT2D eigenvalue weighted by Crippen LogP contribution is 2.17. The lowest BCUT2D eigenvalue weighted by atomic mass is 10.1. The Balaban J connectivity index is 1.44. The molecule has 8 heteroatoms. The number of fused-ring (bicyclic) bond motifs is 1. The summed E-state index contributed by atoms with van der Waals surface area (Å²) >= 11 is 0. The fraction of sp³-hybridized carbons (Fsp3) is 0.320. The monoisotopic (exact) mass is 447 g/mol. The van der Waals surface area contributed by atoms with Crippen LogP contribution >= 0.6 is 0 Å². The van der Waals surface area contributed by atoms with E-state index in [1.807, 2.05) is 0 Å². The van der Waals surface area contributed by atoms with Crippen LogP contribution < -0.4 is 16.0 Å². The first-order chi connectivity index (χ1) is 16.1. The topological polar surface area (TPSA) is 96.0 Å². The summed E-state index contributed by atoms with van der Waals surface area (Å²) in [5.74, 6) is 0.662. The van der Waals surface area contributed by atoms with Crippen LogP contribution in [0.1, 0.15) is 37.8 Å². The van der Waals surface area contributed by atoms with Gasteiger partial charge >= 0.3 is 5.69 Å². The van der Waals surface area contributed by atoms with Gasteiger partial charge in [-0.25, -0.2) is 14.3 Å². The molecular weight excluding hydrogens is 418 g/mol. The van der Waals surface area contributed by atoms with Crippen LogP contribution in [0.5, 0.6) is 5.75 Å². The van der Waals surface area contributed by atoms with Crippen molar-refractivity contribution in [2.24, 2.45) is 0 Å². The van der Waals surface area contributed by atoms with Crippen LogP contribution in [0.3, 0.4) is 0 Å². The molecule has 2 aromatic heterocycles. The number of nitrogens with zero attached hydrogens (tertiary/aromatic N) is 3. The average molecular weight is 448 g/mol. The summed E-state index contributed by atoms with van der Waals surface area (Å²) in [5, 5.41) is 0. The smallest absolute Gasteiger partial charge is 0.334 e. The van der Waals surface area contributed by atoms with Gasteiger partial charge in [0, 0.05) is 6.54 Å². The van der Waals surface area contributed by atoms with Crippen molar-refractivity contribution in [3.63, 3.8) is 0 Å². The molecule has 33 heavy (non-hydrogen) atoms. The van der Waals surface area contributed by atoms with Gasteiger partial charge in [-0.3, -0.25) is 14.7 Å². The van der Waals surface area contributed by atoms with Crippen LogP contribution in [0, 0.1) is 0 Å². The number of H-pyrrole nitrogens is 2. The van der Waals surface area contributed by atoms with Crippen molar-refractivity contribution >= 4 is 11.2 Å². The predicted molar refractivity (Wildman–Crippen MR) is 129 cm³/mol. The Labute approximate surface area is 191 Å². The molecule has 2 N–H and O–H groups in total. The molecule has 0 fully saturated rings. The second-order valence-corrected chi connectivity index (χ2v) is 8.08. The minimum absolute atomic E-state index is 0.246. The molecule has 172 valence electrons. The van der Waals surface area contributed by atoms with E-state index in [1.165, 1.54) is 11.9 Å². The number of hydrogen-bond acceptors (Lipinski definition) is 5. The van der Waals surface area contributed by atoms with Crippen LogP contribution in [-0.2, 0) is 13.2 Å². The van der Waals surface area contributed by atoms with E-state index >= 15 is 0 Å². The maximum atomic E-state index is 12.6. The first-order valence-corrected chi connectivity index (χ1v) is 11.3. The maximum absolute atomic E-state index is 12.6. The molecule has 2 aromatic carbocycles. The van der Waals surface area contributed by atoms with E-state index in [-0.39, 0.29) is 11.2 Å². The number of ether oxygens (including phenoxy) is 1. The minimum atomic E-state index is -0.537. The molecule has 8 nitrogen and oxygen atoms in total. The largest absolute Gasteiger partial charge is 0.489 e. The minimum Gasteiger partial charge on any atom is -0.489 e. The van der Waals surface area contributed by atoms with Crippen molar-refractivity contribution in [1.82, 2.24) is 24.4 Å². The highest BCUT2D eigenvalue weighted by atomic mass is 16.5. The van der Waals surface area contributed by atoms with Crippen molar-refractivity contribution < 1.29 is 4.74 Å². The lowest BCUT2D eigenvalue weighted by Crippen LogP contribution is -2.33. The number of hydrogen-bond donors (Lipinski definition) is 2. The van der Waals surface area contributed by atoms with E-state index in [2.05, 4.69) is 58.0 Å². The molecule has 0 spiro atoms. The molecule has 0 aliphatic rings. The first-order valence-electron chi connectivity index (χ1n) is 11.3. The molecule has 0 atom stereocenters. The van der Waals surface area contributed by atoms with Crippen molar-refractivity contribution in [3.8, 4) is 11.4 Å². The van der Waals surface area contributed by atoms with E-state index in [4.69, 9.17) is 4.74 Å². The summed E-state index contributed by atoms with van der Waals surface area (Å²) in [5.41, 5.74) is 2.35. The Bertz CT molecular complexity index is 1310. The van der Waals surface area contributed by atoms with Crippen molar-refractivity contribution in [2.45, 2.75) is 39.8 Å². The third-order valence-corrected chi connectivity index (χ3v) is 5.46. The van der Waals surface area contributed by atoms with Crippen LogP contribution in [0.25, 0.3) is 16.9 Å². The zero-order valence-electron chi connectivity index (χ0n) is 19.0. The molecule has 0 unspecified atom stereocenters. The summed E-state index contributed by atoms with van der Waals surface area (Å²) < 4.78 is 7.03. The summed E-state index contributed by atoms with van der Waals surface area (Å²) in [6.07, 6.45) is 3.67. The van der Waals surface area contributed by atoms with Crippen LogP contribution in [-0.4, -0.2) is 37.5 Å². The molecule has 2 heterocycles. The summed E-state index contributed by atoms with van der Waals surface area (Å²) in [6, 6.07) is 15.4. The fourth-order valence-electron chi connectivity index (χ4n) is 3.98. The van der Waals surface area contributed by atoms with E-state index in [9.17, 15) is 9.59 Å². The lowest BCUT2D eigenvalue weighted by Gasteiger charge is -2.21. The Morgan fingerprint density at radius 1 is 1.00 bits per heavy atom. The van der Waals surface area contributed by atoms with Gasteiger partial charge in [-0.1, -0.05) is 38.1 Å². The number of aromatic amines is 2.